The fourth-order valence-corrected chi connectivity index (χ4v) is 3.23. The molecule has 2 atom stereocenters. The van der Waals surface area contributed by atoms with Crippen LogP contribution in [0.3, 0.4) is 0 Å². The first-order valence-electron chi connectivity index (χ1n) is 7.09. The Balaban J connectivity index is 1.90. The maximum Gasteiger partial charge on any atom is 0.306 e. The molecule has 2 heterocycles. The number of hydrogen-bond donors (Lipinski definition) is 0. The number of rotatable bonds is 5. The number of carbonyl (C=O) groups is 1. The molecule has 2 unspecified atom stereocenters. The Morgan fingerprint density at radius 3 is 2.85 bits per heavy atom. The zero-order valence-corrected chi connectivity index (χ0v) is 13.1. The lowest BCUT2D eigenvalue weighted by molar-refractivity contribution is -0.143. The molecule has 20 heavy (non-hydrogen) atoms. The van der Waals surface area contributed by atoms with Crippen LogP contribution < -0.4 is 4.90 Å². The molecular weight excluding hydrogens is 276 g/mol. The van der Waals surface area contributed by atoms with Crippen LogP contribution in [0.25, 0.3) is 0 Å². The second kappa shape index (κ2) is 7.04. The molecule has 1 aliphatic heterocycles. The van der Waals surface area contributed by atoms with Crippen molar-refractivity contribution in [2.75, 3.05) is 24.6 Å². The third-order valence-corrected chi connectivity index (χ3v) is 4.07. The van der Waals surface area contributed by atoms with Gasteiger partial charge in [-0.3, -0.25) is 4.79 Å². The van der Waals surface area contributed by atoms with Gasteiger partial charge in [-0.25, -0.2) is 4.98 Å². The second-order valence-corrected chi connectivity index (χ2v) is 5.93. The molecule has 1 aromatic rings. The van der Waals surface area contributed by atoms with Crippen molar-refractivity contribution in [3.8, 4) is 0 Å². The summed E-state index contributed by atoms with van der Waals surface area (Å²) in [5.74, 6) is -0.157. The van der Waals surface area contributed by atoms with Crippen LogP contribution in [0.2, 0.25) is 0 Å². The van der Waals surface area contributed by atoms with E-state index in [4.69, 9.17) is 9.47 Å². The molecule has 2 rings (SSSR count). The van der Waals surface area contributed by atoms with Gasteiger partial charge in [0.15, 0.2) is 5.13 Å². The fourth-order valence-electron chi connectivity index (χ4n) is 2.35. The van der Waals surface area contributed by atoms with Gasteiger partial charge in [-0.05, 0) is 20.8 Å². The van der Waals surface area contributed by atoms with E-state index in [1.54, 1.807) is 11.3 Å². The maximum atomic E-state index is 11.3. The van der Waals surface area contributed by atoms with Crippen molar-refractivity contribution in [1.82, 2.24) is 4.98 Å². The number of thiazole rings is 1. The molecule has 0 bridgehead atoms. The first-order chi connectivity index (χ1) is 9.58. The number of morpholine rings is 1. The van der Waals surface area contributed by atoms with Crippen LogP contribution in [-0.2, 0) is 20.7 Å². The van der Waals surface area contributed by atoms with Crippen LogP contribution in [0.1, 0.15) is 32.9 Å². The van der Waals surface area contributed by atoms with Crippen LogP contribution in [0.4, 0.5) is 5.13 Å². The second-order valence-electron chi connectivity index (χ2n) is 5.09. The Hall–Kier alpha value is -1.14. The molecule has 5 nitrogen and oxygen atoms in total. The summed E-state index contributed by atoms with van der Waals surface area (Å²) in [4.78, 5) is 18.2. The molecule has 6 heteroatoms. The maximum absolute atomic E-state index is 11.3. The van der Waals surface area contributed by atoms with Crippen LogP contribution in [0.15, 0.2) is 5.38 Å². The minimum Gasteiger partial charge on any atom is -0.466 e. The minimum atomic E-state index is -0.157. The summed E-state index contributed by atoms with van der Waals surface area (Å²) < 4.78 is 10.6. The molecule has 0 amide bonds. The summed E-state index contributed by atoms with van der Waals surface area (Å²) in [7, 11) is 0. The summed E-state index contributed by atoms with van der Waals surface area (Å²) in [5, 5.41) is 3.05. The highest BCUT2D eigenvalue weighted by atomic mass is 32.1. The van der Waals surface area contributed by atoms with Crippen molar-refractivity contribution in [3.63, 3.8) is 0 Å². The molecule has 1 aliphatic rings. The number of nitrogens with zero attached hydrogens (tertiary/aromatic N) is 2. The molecule has 1 saturated heterocycles. The molecular formula is C14H22N2O3S. The van der Waals surface area contributed by atoms with E-state index in [0.29, 0.717) is 19.4 Å². The van der Waals surface area contributed by atoms with Gasteiger partial charge in [0.1, 0.15) is 0 Å². The van der Waals surface area contributed by atoms with E-state index in [1.165, 1.54) is 0 Å². The number of aryl methyl sites for hydroxylation is 1. The van der Waals surface area contributed by atoms with Crippen molar-refractivity contribution in [1.29, 1.82) is 0 Å². The third kappa shape index (κ3) is 4.18. The highest BCUT2D eigenvalue weighted by Gasteiger charge is 2.24. The number of aromatic nitrogens is 1. The van der Waals surface area contributed by atoms with Crippen molar-refractivity contribution in [2.24, 2.45) is 0 Å². The standard InChI is InChI=1S/C14H22N2O3S/c1-4-18-13(17)6-5-12-9-20-14(15-12)16-7-10(2)19-11(3)8-16/h9-11H,4-8H2,1-3H3. The summed E-state index contributed by atoms with van der Waals surface area (Å²) in [6.45, 7) is 8.16. The lowest BCUT2D eigenvalue weighted by atomic mass is 10.2. The number of esters is 1. The predicted molar refractivity (Wildman–Crippen MR) is 79.3 cm³/mol. The average molecular weight is 298 g/mol. The van der Waals surface area contributed by atoms with E-state index in [1.807, 2.05) is 12.3 Å². The normalized spacial score (nSPS) is 22.9. The highest BCUT2D eigenvalue weighted by molar-refractivity contribution is 7.13. The quantitative estimate of drug-likeness (QED) is 0.780. The molecule has 1 aromatic heterocycles. The van der Waals surface area contributed by atoms with Crippen LogP contribution in [-0.4, -0.2) is 42.9 Å². The van der Waals surface area contributed by atoms with Gasteiger partial charge < -0.3 is 14.4 Å². The summed E-state index contributed by atoms with van der Waals surface area (Å²) in [6, 6.07) is 0. The Morgan fingerprint density at radius 1 is 1.50 bits per heavy atom. The van der Waals surface area contributed by atoms with Gasteiger partial charge in [-0.1, -0.05) is 0 Å². The van der Waals surface area contributed by atoms with Crippen molar-refractivity contribution in [2.45, 2.75) is 45.8 Å². The predicted octanol–water partition coefficient (Wildman–Crippen LogP) is 2.25. The summed E-state index contributed by atoms with van der Waals surface area (Å²) in [5.41, 5.74) is 0.963. The molecule has 0 spiro atoms. The van der Waals surface area contributed by atoms with E-state index in [0.717, 1.165) is 23.9 Å². The fraction of sp³-hybridized carbons (Fsp3) is 0.714. The van der Waals surface area contributed by atoms with Gasteiger partial charge in [-0.2, -0.15) is 0 Å². The Kier molecular flexibility index (Phi) is 5.37. The molecule has 1 fully saturated rings. The zero-order chi connectivity index (χ0) is 14.5. The average Bonchev–Trinajstić information content (AvgIpc) is 2.84. The minimum absolute atomic E-state index is 0.157. The lowest BCUT2D eigenvalue weighted by Crippen LogP contribution is -2.45. The lowest BCUT2D eigenvalue weighted by Gasteiger charge is -2.35. The van der Waals surface area contributed by atoms with Gasteiger partial charge in [0, 0.05) is 24.9 Å². The molecule has 112 valence electrons. The summed E-state index contributed by atoms with van der Waals surface area (Å²) >= 11 is 1.63. The topological polar surface area (TPSA) is 51.7 Å². The summed E-state index contributed by atoms with van der Waals surface area (Å²) in [6.07, 6.45) is 1.49. The smallest absolute Gasteiger partial charge is 0.306 e. The van der Waals surface area contributed by atoms with E-state index >= 15 is 0 Å². The number of ether oxygens (including phenoxy) is 2. The monoisotopic (exact) mass is 298 g/mol. The van der Waals surface area contributed by atoms with Gasteiger partial charge in [0.25, 0.3) is 0 Å². The Labute approximate surface area is 123 Å². The zero-order valence-electron chi connectivity index (χ0n) is 12.3. The van der Waals surface area contributed by atoms with Crippen LogP contribution in [0, 0.1) is 0 Å². The van der Waals surface area contributed by atoms with Crippen molar-refractivity contribution in [3.05, 3.63) is 11.1 Å². The molecule has 0 N–H and O–H groups in total. The van der Waals surface area contributed by atoms with Gasteiger partial charge in [-0.15, -0.1) is 11.3 Å². The molecule has 0 saturated carbocycles. The van der Waals surface area contributed by atoms with Crippen LogP contribution in [0.5, 0.6) is 0 Å². The third-order valence-electron chi connectivity index (χ3n) is 3.12. The van der Waals surface area contributed by atoms with Crippen molar-refractivity contribution < 1.29 is 14.3 Å². The van der Waals surface area contributed by atoms with E-state index < -0.39 is 0 Å². The SMILES string of the molecule is CCOC(=O)CCc1csc(N2CC(C)OC(C)C2)n1. The first kappa shape index (κ1) is 15.3. The highest BCUT2D eigenvalue weighted by Crippen LogP contribution is 2.24. The Morgan fingerprint density at radius 2 is 2.20 bits per heavy atom. The largest absolute Gasteiger partial charge is 0.466 e. The van der Waals surface area contributed by atoms with E-state index in [2.05, 4.69) is 23.7 Å². The van der Waals surface area contributed by atoms with E-state index in [9.17, 15) is 4.79 Å². The Bertz CT molecular complexity index is 439. The molecule has 0 radical (unpaired) electrons. The van der Waals surface area contributed by atoms with Gasteiger partial charge >= 0.3 is 5.97 Å². The number of anilines is 1. The van der Waals surface area contributed by atoms with Gasteiger partial charge in [0.05, 0.1) is 30.9 Å². The van der Waals surface area contributed by atoms with Crippen LogP contribution >= 0.6 is 11.3 Å². The van der Waals surface area contributed by atoms with E-state index in [-0.39, 0.29) is 18.2 Å². The van der Waals surface area contributed by atoms with Gasteiger partial charge in [0.2, 0.25) is 0 Å². The molecule has 0 aliphatic carbocycles. The van der Waals surface area contributed by atoms with Crippen molar-refractivity contribution >= 4 is 22.4 Å². The number of carbonyl (C=O) groups excluding carboxylic acids is 1. The first-order valence-corrected chi connectivity index (χ1v) is 7.97. The number of hydrogen-bond acceptors (Lipinski definition) is 6. The molecule has 0 aromatic carbocycles.